The summed E-state index contributed by atoms with van der Waals surface area (Å²) >= 11 is 0. The van der Waals surface area contributed by atoms with E-state index in [9.17, 15) is 26.4 Å². The van der Waals surface area contributed by atoms with Crippen molar-refractivity contribution >= 4 is 15.9 Å². The maximum Gasteiger partial charge on any atom is 0.573 e. The molecule has 5 atom stereocenters. The topological polar surface area (TPSA) is 75.7 Å². The van der Waals surface area contributed by atoms with Gasteiger partial charge in [0.05, 0.1) is 4.90 Å². The predicted octanol–water partition coefficient (Wildman–Crippen LogP) is 4.32. The number of hydrogen-bond acceptors (Lipinski definition) is 4. The van der Waals surface area contributed by atoms with E-state index < -0.39 is 22.1 Å². The summed E-state index contributed by atoms with van der Waals surface area (Å²) in [5.74, 6) is 2.43. The minimum absolute atomic E-state index is 0.0356. The van der Waals surface area contributed by atoms with Gasteiger partial charge in [-0.2, -0.15) is 4.31 Å². The second kappa shape index (κ2) is 9.00. The van der Waals surface area contributed by atoms with Gasteiger partial charge in [0.2, 0.25) is 15.9 Å². The van der Waals surface area contributed by atoms with Crippen LogP contribution >= 0.6 is 0 Å². The number of sulfonamides is 1. The first-order valence-corrected chi connectivity index (χ1v) is 13.7. The normalized spacial score (nSPS) is 32.4. The van der Waals surface area contributed by atoms with Crippen molar-refractivity contribution < 1.29 is 31.1 Å². The van der Waals surface area contributed by atoms with E-state index in [2.05, 4.69) is 10.1 Å². The second-order valence-electron chi connectivity index (χ2n) is 10.5. The zero-order valence-corrected chi connectivity index (χ0v) is 19.8. The van der Waals surface area contributed by atoms with Crippen LogP contribution < -0.4 is 10.1 Å². The fraction of sp³-hybridized carbons (Fsp3) is 0.708. The summed E-state index contributed by atoms with van der Waals surface area (Å²) in [6.07, 6.45) is 3.48. The molecule has 4 aliphatic rings. The zero-order chi connectivity index (χ0) is 24.1. The third-order valence-corrected chi connectivity index (χ3v) is 10.4. The van der Waals surface area contributed by atoms with Crippen molar-refractivity contribution in [1.29, 1.82) is 0 Å². The average molecular weight is 501 g/mol. The van der Waals surface area contributed by atoms with Gasteiger partial charge in [-0.1, -0.05) is 0 Å². The van der Waals surface area contributed by atoms with Crippen LogP contribution in [0.5, 0.6) is 5.75 Å². The highest BCUT2D eigenvalue weighted by atomic mass is 32.2. The number of ether oxygens (including phenoxy) is 1. The molecule has 1 saturated heterocycles. The Morgan fingerprint density at radius 3 is 2.24 bits per heavy atom. The van der Waals surface area contributed by atoms with Crippen molar-refractivity contribution in [2.24, 2.45) is 29.6 Å². The van der Waals surface area contributed by atoms with Gasteiger partial charge in [0.1, 0.15) is 5.75 Å². The Labute approximate surface area is 198 Å². The Balaban J connectivity index is 1.15. The molecule has 5 unspecified atom stereocenters. The Morgan fingerprint density at radius 1 is 0.912 bits per heavy atom. The largest absolute Gasteiger partial charge is 0.573 e. The van der Waals surface area contributed by atoms with Gasteiger partial charge in [0.25, 0.3) is 0 Å². The van der Waals surface area contributed by atoms with Crippen LogP contribution in [0.15, 0.2) is 29.2 Å². The van der Waals surface area contributed by atoms with E-state index in [0.29, 0.717) is 18.8 Å². The quantitative estimate of drug-likeness (QED) is 0.654. The Hall–Kier alpha value is -1.81. The molecular formula is C24H31F3N2O4S. The SMILES string of the molecule is O=C(NC1CCC2CC3CC2CC1C3)C1CCN(S(=O)(=O)c2ccc(OC(F)(F)F)cc2)CC1. The molecule has 1 aliphatic heterocycles. The van der Waals surface area contributed by atoms with Crippen LogP contribution in [0, 0.1) is 29.6 Å². The first-order valence-electron chi connectivity index (χ1n) is 12.2. The van der Waals surface area contributed by atoms with E-state index in [1.165, 1.54) is 36.4 Å². The number of nitrogens with one attached hydrogen (secondary N) is 1. The molecule has 0 spiro atoms. The van der Waals surface area contributed by atoms with Gasteiger partial charge < -0.3 is 10.1 Å². The van der Waals surface area contributed by atoms with Crippen LogP contribution in [-0.2, 0) is 14.8 Å². The molecule has 3 bridgehead atoms. The van der Waals surface area contributed by atoms with E-state index >= 15 is 0 Å². The lowest BCUT2D eigenvalue weighted by Crippen LogP contribution is -2.47. The summed E-state index contributed by atoms with van der Waals surface area (Å²) in [6, 6.07) is 4.45. The molecule has 5 rings (SSSR count). The maximum atomic E-state index is 13.0. The number of piperidine rings is 1. The smallest absolute Gasteiger partial charge is 0.406 e. The third kappa shape index (κ3) is 4.94. The summed E-state index contributed by atoms with van der Waals surface area (Å²) in [6.45, 7) is 0.420. The molecule has 0 aromatic heterocycles. The van der Waals surface area contributed by atoms with E-state index in [0.717, 1.165) is 48.4 Å². The number of carbonyl (C=O) groups is 1. The number of fused-ring (bicyclic) bond motifs is 2. The molecule has 4 fully saturated rings. The number of hydrogen-bond donors (Lipinski definition) is 1. The fourth-order valence-electron chi connectivity index (χ4n) is 6.85. The van der Waals surface area contributed by atoms with Crippen LogP contribution in [0.1, 0.15) is 51.4 Å². The molecule has 1 aromatic carbocycles. The van der Waals surface area contributed by atoms with Gasteiger partial charge in [0, 0.05) is 25.0 Å². The molecule has 1 N–H and O–H groups in total. The number of benzene rings is 1. The predicted molar refractivity (Wildman–Crippen MR) is 118 cm³/mol. The van der Waals surface area contributed by atoms with Gasteiger partial charge in [0.15, 0.2) is 0 Å². The van der Waals surface area contributed by atoms with Gasteiger partial charge >= 0.3 is 6.36 Å². The van der Waals surface area contributed by atoms with Crippen LogP contribution in [0.3, 0.4) is 0 Å². The number of alkyl halides is 3. The highest BCUT2D eigenvalue weighted by molar-refractivity contribution is 7.89. The third-order valence-electron chi connectivity index (χ3n) is 8.45. The Kier molecular flexibility index (Phi) is 6.33. The van der Waals surface area contributed by atoms with Crippen molar-refractivity contribution in [1.82, 2.24) is 9.62 Å². The summed E-state index contributed by atoms with van der Waals surface area (Å²) in [5.41, 5.74) is 0. The number of carbonyl (C=O) groups excluding carboxylic acids is 1. The van der Waals surface area contributed by atoms with Crippen LogP contribution in [0.25, 0.3) is 0 Å². The van der Waals surface area contributed by atoms with E-state index in [1.54, 1.807) is 0 Å². The summed E-state index contributed by atoms with van der Waals surface area (Å²) < 4.78 is 68.0. The molecule has 3 saturated carbocycles. The number of rotatable bonds is 5. The molecule has 188 valence electrons. The van der Waals surface area contributed by atoms with Crippen LogP contribution in [0.2, 0.25) is 0 Å². The van der Waals surface area contributed by atoms with Crippen molar-refractivity contribution in [3.63, 3.8) is 0 Å². The van der Waals surface area contributed by atoms with Crippen LogP contribution in [-0.4, -0.2) is 44.1 Å². The molecule has 6 nitrogen and oxygen atoms in total. The van der Waals surface area contributed by atoms with Crippen molar-refractivity contribution in [3.05, 3.63) is 24.3 Å². The molecule has 0 radical (unpaired) electrons. The monoisotopic (exact) mass is 500 g/mol. The Morgan fingerprint density at radius 2 is 1.56 bits per heavy atom. The van der Waals surface area contributed by atoms with Crippen molar-refractivity contribution in [2.75, 3.05) is 13.1 Å². The Bertz CT molecular complexity index is 1010. The van der Waals surface area contributed by atoms with Gasteiger partial charge in [-0.15, -0.1) is 13.2 Å². The summed E-state index contributed by atoms with van der Waals surface area (Å²) in [4.78, 5) is 12.9. The van der Waals surface area contributed by atoms with Gasteiger partial charge in [-0.25, -0.2) is 8.42 Å². The van der Waals surface area contributed by atoms with Crippen molar-refractivity contribution in [3.8, 4) is 5.75 Å². The molecule has 34 heavy (non-hydrogen) atoms. The van der Waals surface area contributed by atoms with E-state index in [-0.39, 0.29) is 35.9 Å². The lowest BCUT2D eigenvalue weighted by molar-refractivity contribution is -0.274. The van der Waals surface area contributed by atoms with E-state index in [4.69, 9.17) is 0 Å². The first-order chi connectivity index (χ1) is 16.1. The van der Waals surface area contributed by atoms with E-state index in [1.807, 2.05) is 0 Å². The molecule has 10 heteroatoms. The molecule has 3 aliphatic carbocycles. The lowest BCUT2D eigenvalue weighted by atomic mass is 9.77. The summed E-state index contributed by atoms with van der Waals surface area (Å²) in [5, 5.41) is 3.32. The molecule has 1 heterocycles. The number of nitrogens with zero attached hydrogens (tertiary/aromatic N) is 1. The minimum atomic E-state index is -4.83. The minimum Gasteiger partial charge on any atom is -0.406 e. The average Bonchev–Trinajstić information content (AvgIpc) is 3.01. The molecule has 1 aromatic rings. The first kappa shape index (κ1) is 23.9. The summed E-state index contributed by atoms with van der Waals surface area (Å²) in [7, 11) is -3.85. The fourth-order valence-corrected chi connectivity index (χ4v) is 8.32. The second-order valence-corrected chi connectivity index (χ2v) is 12.4. The van der Waals surface area contributed by atoms with Crippen molar-refractivity contribution in [2.45, 2.75) is 68.7 Å². The lowest BCUT2D eigenvalue weighted by Gasteiger charge is -2.35. The maximum absolute atomic E-state index is 13.0. The number of amides is 1. The highest BCUT2D eigenvalue weighted by Crippen LogP contribution is 2.53. The van der Waals surface area contributed by atoms with Gasteiger partial charge in [-0.05, 0) is 99.3 Å². The number of halogens is 3. The standard InChI is InChI=1S/C24H31F3N2O4S/c25-24(26,27)33-20-2-4-21(5-3-20)34(31,32)29-9-7-16(8-10-29)23(30)28-22-6-1-17-11-15-12-18(17)14-19(22)13-15/h2-5,15-19,22H,1,6-14H2,(H,28,30). The molecule has 1 amide bonds. The highest BCUT2D eigenvalue weighted by Gasteiger charge is 2.46. The van der Waals surface area contributed by atoms with Gasteiger partial charge in [-0.3, -0.25) is 4.79 Å². The molecular weight excluding hydrogens is 469 g/mol. The van der Waals surface area contributed by atoms with Crippen LogP contribution in [0.4, 0.5) is 13.2 Å². The zero-order valence-electron chi connectivity index (χ0n) is 19.0.